The van der Waals surface area contributed by atoms with E-state index in [2.05, 4.69) is 61.9 Å². The van der Waals surface area contributed by atoms with Crippen molar-refractivity contribution in [2.24, 2.45) is 0 Å². The Labute approximate surface area is 126 Å². The molecule has 21 heavy (non-hydrogen) atoms. The first-order valence-electron chi connectivity index (χ1n) is 7.61. The third-order valence-corrected chi connectivity index (χ3v) is 4.15. The van der Waals surface area contributed by atoms with Crippen LogP contribution in [0.1, 0.15) is 63.7 Å². The van der Waals surface area contributed by atoms with Gasteiger partial charge >= 0.3 is 0 Å². The van der Waals surface area contributed by atoms with Crippen LogP contribution in [0.4, 0.5) is 5.95 Å². The van der Waals surface area contributed by atoms with Gasteiger partial charge in [0.25, 0.3) is 0 Å². The number of rotatable bonds is 5. The molecular weight excluding hydrogens is 260 g/mol. The van der Waals surface area contributed by atoms with Gasteiger partial charge in [-0.3, -0.25) is 0 Å². The van der Waals surface area contributed by atoms with Crippen LogP contribution in [0.3, 0.4) is 0 Å². The van der Waals surface area contributed by atoms with E-state index in [0.717, 1.165) is 24.5 Å². The van der Waals surface area contributed by atoms with Gasteiger partial charge in [0, 0.05) is 5.92 Å². The zero-order valence-electron chi connectivity index (χ0n) is 13.3. The maximum atomic E-state index is 5.92. The maximum absolute atomic E-state index is 5.92. The Bertz CT molecular complexity index is 589. The van der Waals surface area contributed by atoms with E-state index in [1.165, 1.54) is 5.56 Å². The van der Waals surface area contributed by atoms with Gasteiger partial charge in [0.05, 0.1) is 5.41 Å². The van der Waals surface area contributed by atoms with Crippen LogP contribution in [-0.2, 0) is 5.41 Å². The predicted molar refractivity (Wildman–Crippen MR) is 86.1 cm³/mol. The normalized spacial score (nSPS) is 11.9. The molecular formula is C17H24N4. The lowest BCUT2D eigenvalue weighted by molar-refractivity contribution is 0.444. The van der Waals surface area contributed by atoms with E-state index in [-0.39, 0.29) is 11.3 Å². The third-order valence-electron chi connectivity index (χ3n) is 4.15. The Morgan fingerprint density at radius 1 is 1.00 bits per heavy atom. The molecule has 0 spiro atoms. The Morgan fingerprint density at radius 3 is 2.14 bits per heavy atom. The van der Waals surface area contributed by atoms with E-state index in [0.29, 0.717) is 5.95 Å². The van der Waals surface area contributed by atoms with Crippen LogP contribution in [-0.4, -0.2) is 15.0 Å². The van der Waals surface area contributed by atoms with Gasteiger partial charge in [-0.2, -0.15) is 9.97 Å². The molecule has 0 amide bonds. The van der Waals surface area contributed by atoms with E-state index in [1.54, 1.807) is 0 Å². The molecule has 1 heterocycles. The molecule has 0 fully saturated rings. The maximum Gasteiger partial charge on any atom is 0.223 e. The Kier molecular flexibility index (Phi) is 4.56. The highest BCUT2D eigenvalue weighted by molar-refractivity contribution is 5.34. The first-order chi connectivity index (χ1) is 10.0. The second-order valence-electron chi connectivity index (χ2n) is 5.69. The number of benzene rings is 1. The molecule has 0 radical (unpaired) electrons. The second-order valence-corrected chi connectivity index (χ2v) is 5.69. The highest BCUT2D eigenvalue weighted by Gasteiger charge is 2.34. The highest BCUT2D eigenvalue weighted by atomic mass is 15.1. The van der Waals surface area contributed by atoms with Crippen molar-refractivity contribution in [2.45, 2.75) is 51.9 Å². The quantitative estimate of drug-likeness (QED) is 0.909. The summed E-state index contributed by atoms with van der Waals surface area (Å²) in [5.41, 5.74) is 6.94. The number of aromatic nitrogens is 3. The van der Waals surface area contributed by atoms with E-state index in [1.807, 2.05) is 6.07 Å². The van der Waals surface area contributed by atoms with Crippen LogP contribution in [0.15, 0.2) is 30.3 Å². The van der Waals surface area contributed by atoms with Crippen LogP contribution in [0.5, 0.6) is 0 Å². The van der Waals surface area contributed by atoms with Gasteiger partial charge in [-0.1, -0.05) is 58.0 Å². The summed E-state index contributed by atoms with van der Waals surface area (Å²) in [6, 6.07) is 10.4. The summed E-state index contributed by atoms with van der Waals surface area (Å²) in [5.74, 6) is 2.09. The van der Waals surface area contributed by atoms with Gasteiger partial charge in [0.15, 0.2) is 0 Å². The molecule has 0 bridgehead atoms. The first kappa shape index (κ1) is 15.4. The number of nitrogens with zero attached hydrogens (tertiary/aromatic N) is 3. The summed E-state index contributed by atoms with van der Waals surface area (Å²) in [5, 5.41) is 0. The molecule has 2 N–H and O–H groups in total. The zero-order chi connectivity index (χ0) is 15.5. The fourth-order valence-electron chi connectivity index (χ4n) is 2.74. The molecule has 0 aliphatic rings. The summed E-state index contributed by atoms with van der Waals surface area (Å²) >= 11 is 0. The second kappa shape index (κ2) is 6.20. The monoisotopic (exact) mass is 284 g/mol. The smallest absolute Gasteiger partial charge is 0.223 e. The van der Waals surface area contributed by atoms with Crippen molar-refractivity contribution in [3.05, 3.63) is 47.5 Å². The van der Waals surface area contributed by atoms with Crippen molar-refractivity contribution in [3.8, 4) is 0 Å². The molecule has 112 valence electrons. The predicted octanol–water partition coefficient (Wildman–Crippen LogP) is 3.68. The Morgan fingerprint density at radius 2 is 1.62 bits per heavy atom. The number of anilines is 1. The first-order valence-corrected chi connectivity index (χ1v) is 7.61. The fourth-order valence-corrected chi connectivity index (χ4v) is 2.74. The van der Waals surface area contributed by atoms with E-state index < -0.39 is 0 Å². The molecule has 0 atom stereocenters. The SMILES string of the molecule is CCC(CC)(c1ccccc1)c1nc(N)nc(C(C)C)n1. The molecule has 0 saturated carbocycles. The zero-order valence-corrected chi connectivity index (χ0v) is 13.3. The molecule has 0 aliphatic carbocycles. The van der Waals surface area contributed by atoms with Crippen molar-refractivity contribution in [3.63, 3.8) is 0 Å². The minimum absolute atomic E-state index is 0.206. The largest absolute Gasteiger partial charge is 0.368 e. The standard InChI is InChI=1S/C17H24N4/c1-5-17(6-2,13-10-8-7-9-11-13)15-19-14(12(3)4)20-16(18)21-15/h7-12H,5-6H2,1-4H3,(H2,18,19,20,21). The minimum Gasteiger partial charge on any atom is -0.368 e. The van der Waals surface area contributed by atoms with Gasteiger partial charge in [-0.15, -0.1) is 0 Å². The Balaban J connectivity index is 2.63. The van der Waals surface area contributed by atoms with Crippen molar-refractivity contribution in [1.82, 2.24) is 15.0 Å². The van der Waals surface area contributed by atoms with Gasteiger partial charge in [-0.25, -0.2) is 4.98 Å². The molecule has 4 heteroatoms. The lowest BCUT2D eigenvalue weighted by Crippen LogP contribution is -2.30. The molecule has 2 rings (SSSR count). The molecule has 1 aromatic carbocycles. The van der Waals surface area contributed by atoms with Gasteiger partial charge in [0.2, 0.25) is 5.95 Å². The minimum atomic E-state index is -0.206. The topological polar surface area (TPSA) is 64.7 Å². The number of hydrogen-bond acceptors (Lipinski definition) is 4. The summed E-state index contributed by atoms with van der Waals surface area (Å²) in [4.78, 5) is 13.4. The molecule has 1 aromatic heterocycles. The average Bonchev–Trinajstić information content (AvgIpc) is 2.50. The molecule has 2 aromatic rings. The van der Waals surface area contributed by atoms with Gasteiger partial charge < -0.3 is 5.73 Å². The lowest BCUT2D eigenvalue weighted by Gasteiger charge is -2.31. The van der Waals surface area contributed by atoms with Crippen LogP contribution in [0.25, 0.3) is 0 Å². The summed E-state index contributed by atoms with van der Waals surface area (Å²) < 4.78 is 0. The summed E-state index contributed by atoms with van der Waals surface area (Å²) in [6.07, 6.45) is 1.85. The van der Waals surface area contributed by atoms with Crippen molar-refractivity contribution >= 4 is 5.95 Å². The van der Waals surface area contributed by atoms with Crippen LogP contribution >= 0.6 is 0 Å². The van der Waals surface area contributed by atoms with E-state index in [4.69, 9.17) is 10.7 Å². The van der Waals surface area contributed by atoms with Crippen LogP contribution < -0.4 is 5.73 Å². The van der Waals surface area contributed by atoms with Gasteiger partial charge in [0.1, 0.15) is 11.6 Å². The average molecular weight is 284 g/mol. The van der Waals surface area contributed by atoms with Crippen molar-refractivity contribution in [2.75, 3.05) is 5.73 Å². The molecule has 0 saturated heterocycles. The van der Waals surface area contributed by atoms with Crippen molar-refractivity contribution < 1.29 is 0 Å². The highest BCUT2D eigenvalue weighted by Crippen LogP contribution is 2.37. The number of hydrogen-bond donors (Lipinski definition) is 1. The third kappa shape index (κ3) is 2.89. The van der Waals surface area contributed by atoms with Gasteiger partial charge in [-0.05, 0) is 18.4 Å². The van der Waals surface area contributed by atoms with Crippen molar-refractivity contribution in [1.29, 1.82) is 0 Å². The van der Waals surface area contributed by atoms with Crippen LogP contribution in [0.2, 0.25) is 0 Å². The summed E-state index contributed by atoms with van der Waals surface area (Å²) in [6.45, 7) is 8.48. The van der Waals surface area contributed by atoms with Crippen LogP contribution in [0, 0.1) is 0 Å². The number of nitrogens with two attached hydrogens (primary N) is 1. The fraction of sp³-hybridized carbons (Fsp3) is 0.471. The molecule has 4 nitrogen and oxygen atoms in total. The molecule has 0 aliphatic heterocycles. The van der Waals surface area contributed by atoms with E-state index >= 15 is 0 Å². The summed E-state index contributed by atoms with van der Waals surface area (Å²) in [7, 11) is 0. The van der Waals surface area contributed by atoms with E-state index in [9.17, 15) is 0 Å². The lowest BCUT2D eigenvalue weighted by atomic mass is 9.75. The molecule has 0 unspecified atom stereocenters. The number of nitrogen functional groups attached to an aromatic ring is 1. The Hall–Kier alpha value is -1.97.